The minimum absolute atomic E-state index is 0.0645. The van der Waals surface area contributed by atoms with Crippen LogP contribution in [0.25, 0.3) is 0 Å². The van der Waals surface area contributed by atoms with E-state index < -0.39 is 0 Å². The second kappa shape index (κ2) is 8.20. The van der Waals surface area contributed by atoms with Crippen molar-refractivity contribution in [2.45, 2.75) is 6.42 Å². The molecule has 0 aromatic heterocycles. The second-order valence-corrected chi connectivity index (χ2v) is 3.97. The van der Waals surface area contributed by atoms with E-state index in [1.54, 1.807) is 7.05 Å². The summed E-state index contributed by atoms with van der Waals surface area (Å²) < 4.78 is 12.7. The van der Waals surface area contributed by atoms with Crippen LogP contribution in [-0.4, -0.2) is 38.5 Å². The number of halogens is 1. The lowest BCUT2D eigenvalue weighted by atomic mass is 10.2. The maximum absolute atomic E-state index is 12.7. The van der Waals surface area contributed by atoms with E-state index in [2.05, 4.69) is 16.0 Å². The maximum Gasteiger partial charge on any atom is 0.251 e. The van der Waals surface area contributed by atoms with E-state index in [0.717, 1.165) is 0 Å². The average Bonchev–Trinajstić information content (AvgIpc) is 2.41. The van der Waals surface area contributed by atoms with E-state index in [1.807, 2.05) is 0 Å². The summed E-state index contributed by atoms with van der Waals surface area (Å²) in [7, 11) is 1.77. The normalized spacial score (nSPS) is 10.0. The summed E-state index contributed by atoms with van der Waals surface area (Å²) >= 11 is 0. The summed E-state index contributed by atoms with van der Waals surface area (Å²) in [5.41, 5.74) is 0.392. The molecule has 3 N–H and O–H groups in total. The molecule has 1 aromatic rings. The van der Waals surface area contributed by atoms with Crippen LogP contribution in [0, 0.1) is 5.82 Å². The summed E-state index contributed by atoms with van der Waals surface area (Å²) in [4.78, 5) is 22.9. The quantitative estimate of drug-likeness (QED) is 0.622. The van der Waals surface area contributed by atoms with Crippen LogP contribution < -0.4 is 16.0 Å². The van der Waals surface area contributed by atoms with Crippen molar-refractivity contribution in [2.24, 2.45) is 0 Å². The standard InChI is InChI=1S/C13H18FN3O2/c1-15-7-6-12(18)16-8-9-17-13(19)10-2-4-11(14)5-3-10/h2-5,15H,6-9H2,1H3,(H,16,18)(H,17,19). The lowest BCUT2D eigenvalue weighted by Crippen LogP contribution is -2.35. The number of hydrogen-bond acceptors (Lipinski definition) is 3. The first-order valence-corrected chi connectivity index (χ1v) is 6.08. The number of carbonyl (C=O) groups excluding carboxylic acids is 2. The Hall–Kier alpha value is -1.95. The predicted molar refractivity (Wildman–Crippen MR) is 70.3 cm³/mol. The van der Waals surface area contributed by atoms with Crippen molar-refractivity contribution in [3.05, 3.63) is 35.6 Å². The second-order valence-electron chi connectivity index (χ2n) is 3.97. The molecule has 0 radical (unpaired) electrons. The van der Waals surface area contributed by atoms with Gasteiger partial charge in [-0.2, -0.15) is 0 Å². The first kappa shape index (κ1) is 15.1. The number of nitrogens with one attached hydrogen (secondary N) is 3. The molecule has 6 heteroatoms. The largest absolute Gasteiger partial charge is 0.354 e. The lowest BCUT2D eigenvalue weighted by molar-refractivity contribution is -0.120. The zero-order chi connectivity index (χ0) is 14.1. The Labute approximate surface area is 111 Å². The van der Waals surface area contributed by atoms with Gasteiger partial charge in [0.15, 0.2) is 0 Å². The molecular formula is C13H18FN3O2. The highest BCUT2D eigenvalue weighted by molar-refractivity contribution is 5.94. The van der Waals surface area contributed by atoms with E-state index in [0.29, 0.717) is 31.6 Å². The Balaban J connectivity index is 2.20. The molecule has 104 valence electrons. The molecule has 0 unspecified atom stereocenters. The molecule has 2 amide bonds. The highest BCUT2D eigenvalue weighted by Gasteiger charge is 2.05. The molecule has 0 saturated heterocycles. The van der Waals surface area contributed by atoms with Crippen LogP contribution in [0.4, 0.5) is 4.39 Å². The van der Waals surface area contributed by atoms with Crippen LogP contribution in [0.15, 0.2) is 24.3 Å². The molecule has 5 nitrogen and oxygen atoms in total. The van der Waals surface area contributed by atoms with Crippen molar-refractivity contribution in [3.8, 4) is 0 Å². The van der Waals surface area contributed by atoms with E-state index in [-0.39, 0.29) is 17.6 Å². The van der Waals surface area contributed by atoms with Crippen molar-refractivity contribution < 1.29 is 14.0 Å². The van der Waals surface area contributed by atoms with Gasteiger partial charge < -0.3 is 16.0 Å². The van der Waals surface area contributed by atoms with Crippen LogP contribution in [0.5, 0.6) is 0 Å². The van der Waals surface area contributed by atoms with Gasteiger partial charge in [-0.1, -0.05) is 0 Å². The Morgan fingerprint density at radius 2 is 1.68 bits per heavy atom. The Morgan fingerprint density at radius 1 is 1.05 bits per heavy atom. The van der Waals surface area contributed by atoms with Gasteiger partial charge in [-0.3, -0.25) is 9.59 Å². The van der Waals surface area contributed by atoms with Gasteiger partial charge in [0.05, 0.1) is 0 Å². The number of rotatable bonds is 7. The number of amides is 2. The summed E-state index contributed by atoms with van der Waals surface area (Å²) in [5.74, 6) is -0.733. The van der Waals surface area contributed by atoms with Crippen molar-refractivity contribution in [3.63, 3.8) is 0 Å². The van der Waals surface area contributed by atoms with Crippen LogP contribution >= 0.6 is 0 Å². The number of benzene rings is 1. The van der Waals surface area contributed by atoms with Gasteiger partial charge in [-0.05, 0) is 31.3 Å². The molecule has 0 spiro atoms. The highest BCUT2D eigenvalue weighted by Crippen LogP contribution is 2.01. The third-order valence-corrected chi connectivity index (χ3v) is 2.44. The van der Waals surface area contributed by atoms with Gasteiger partial charge in [-0.25, -0.2) is 4.39 Å². The Bertz CT molecular complexity index is 420. The van der Waals surface area contributed by atoms with Crippen molar-refractivity contribution in [2.75, 3.05) is 26.7 Å². The fourth-order valence-corrected chi connectivity index (χ4v) is 1.41. The summed E-state index contributed by atoms with van der Waals surface area (Å²) in [6.45, 7) is 1.32. The molecule has 0 atom stereocenters. The minimum atomic E-state index is -0.381. The van der Waals surface area contributed by atoms with Gasteiger partial charge >= 0.3 is 0 Å². The van der Waals surface area contributed by atoms with E-state index in [9.17, 15) is 14.0 Å². The molecule has 1 aromatic carbocycles. The van der Waals surface area contributed by atoms with Gasteiger partial charge in [0.25, 0.3) is 5.91 Å². The number of hydrogen-bond donors (Lipinski definition) is 3. The molecule has 0 heterocycles. The number of carbonyl (C=O) groups is 2. The van der Waals surface area contributed by atoms with Gasteiger partial charge in [0, 0.05) is 31.6 Å². The monoisotopic (exact) mass is 267 g/mol. The van der Waals surface area contributed by atoms with Crippen molar-refractivity contribution in [1.29, 1.82) is 0 Å². The van der Waals surface area contributed by atoms with E-state index >= 15 is 0 Å². The molecule has 0 saturated carbocycles. The van der Waals surface area contributed by atoms with Crippen molar-refractivity contribution >= 4 is 11.8 Å². The third kappa shape index (κ3) is 5.96. The van der Waals surface area contributed by atoms with Gasteiger partial charge in [-0.15, -0.1) is 0 Å². The lowest BCUT2D eigenvalue weighted by Gasteiger charge is -2.07. The molecule has 0 fully saturated rings. The summed E-state index contributed by atoms with van der Waals surface area (Å²) in [6.07, 6.45) is 0.405. The van der Waals surface area contributed by atoms with E-state index in [1.165, 1.54) is 24.3 Å². The first-order valence-electron chi connectivity index (χ1n) is 6.08. The van der Waals surface area contributed by atoms with Crippen molar-refractivity contribution in [1.82, 2.24) is 16.0 Å². The topological polar surface area (TPSA) is 70.2 Å². The molecule has 0 aliphatic heterocycles. The molecule has 1 rings (SSSR count). The molecule has 0 aliphatic rings. The highest BCUT2D eigenvalue weighted by atomic mass is 19.1. The summed E-state index contributed by atoms with van der Waals surface area (Å²) in [5, 5.41) is 8.19. The first-order chi connectivity index (χ1) is 9.13. The predicted octanol–water partition coefficient (Wildman–Crippen LogP) is 0.281. The fourth-order valence-electron chi connectivity index (χ4n) is 1.41. The van der Waals surface area contributed by atoms with Crippen LogP contribution in [0.2, 0.25) is 0 Å². The van der Waals surface area contributed by atoms with Gasteiger partial charge in [0.2, 0.25) is 5.91 Å². The van der Waals surface area contributed by atoms with Crippen LogP contribution in [0.1, 0.15) is 16.8 Å². The minimum Gasteiger partial charge on any atom is -0.354 e. The maximum atomic E-state index is 12.7. The SMILES string of the molecule is CNCCC(=O)NCCNC(=O)c1ccc(F)cc1. The van der Waals surface area contributed by atoms with Crippen LogP contribution in [0.3, 0.4) is 0 Å². The zero-order valence-corrected chi connectivity index (χ0v) is 10.8. The third-order valence-electron chi connectivity index (χ3n) is 2.44. The fraction of sp³-hybridized carbons (Fsp3) is 0.385. The summed E-state index contributed by atoms with van der Waals surface area (Å²) in [6, 6.07) is 5.29. The average molecular weight is 267 g/mol. The molecule has 19 heavy (non-hydrogen) atoms. The smallest absolute Gasteiger partial charge is 0.251 e. The van der Waals surface area contributed by atoms with Gasteiger partial charge in [0.1, 0.15) is 5.82 Å². The molecular weight excluding hydrogens is 249 g/mol. The van der Waals surface area contributed by atoms with Crippen LogP contribution in [-0.2, 0) is 4.79 Å². The Kier molecular flexibility index (Phi) is 6.52. The Morgan fingerprint density at radius 3 is 2.32 bits per heavy atom. The zero-order valence-electron chi connectivity index (χ0n) is 10.8. The molecule has 0 bridgehead atoms. The molecule has 0 aliphatic carbocycles. The van der Waals surface area contributed by atoms with E-state index in [4.69, 9.17) is 0 Å².